The molecule has 1 aromatic rings. The van der Waals surface area contributed by atoms with Crippen LogP contribution in [0.5, 0.6) is 0 Å². The second-order valence-corrected chi connectivity index (χ2v) is 9.02. The van der Waals surface area contributed by atoms with Crippen LogP contribution >= 0.6 is 12.6 Å². The number of benzene rings is 1. The van der Waals surface area contributed by atoms with Gasteiger partial charge in [-0.1, -0.05) is 18.2 Å². The first-order chi connectivity index (χ1) is 13.2. The van der Waals surface area contributed by atoms with Gasteiger partial charge < -0.3 is 15.1 Å². The van der Waals surface area contributed by atoms with Crippen molar-refractivity contribution in [3.05, 3.63) is 30.3 Å². The molecule has 2 rings (SSSR count). The van der Waals surface area contributed by atoms with Crippen LogP contribution in [0.15, 0.2) is 35.2 Å². The predicted octanol–water partition coefficient (Wildman–Crippen LogP) is 1.45. The Kier molecular flexibility index (Phi) is 8.50. The van der Waals surface area contributed by atoms with E-state index in [2.05, 4.69) is 22.3 Å². The summed E-state index contributed by atoms with van der Waals surface area (Å²) in [6.07, 6.45) is -4.08. The number of hydrogen-bond acceptors (Lipinski definition) is 6. The van der Waals surface area contributed by atoms with Crippen molar-refractivity contribution in [3.8, 4) is 0 Å². The largest absolute Gasteiger partial charge is 0.490 e. The van der Waals surface area contributed by atoms with Gasteiger partial charge in [0.15, 0.2) is 0 Å². The van der Waals surface area contributed by atoms with E-state index in [9.17, 15) is 31.5 Å². The number of rotatable bonds is 5. The molecule has 0 spiro atoms. The number of sulfonamides is 1. The molecule has 0 radical (unpaired) electrons. The van der Waals surface area contributed by atoms with Gasteiger partial charge in [-0.05, 0) is 45.1 Å². The number of hydrogen-bond donors (Lipinski definition) is 4. The van der Waals surface area contributed by atoms with E-state index in [1.165, 1.54) is 12.1 Å². The molecule has 0 amide bonds. The van der Waals surface area contributed by atoms with E-state index in [1.54, 1.807) is 18.2 Å². The lowest BCUT2D eigenvalue weighted by molar-refractivity contribution is -0.192. The Morgan fingerprint density at radius 2 is 1.62 bits per heavy atom. The van der Waals surface area contributed by atoms with E-state index in [0.717, 1.165) is 0 Å². The van der Waals surface area contributed by atoms with Gasteiger partial charge in [0.2, 0.25) is 10.0 Å². The lowest BCUT2D eigenvalue weighted by Gasteiger charge is -2.40. The number of carboxylic acids is 2. The van der Waals surface area contributed by atoms with Crippen LogP contribution in [-0.4, -0.2) is 72.6 Å². The van der Waals surface area contributed by atoms with Crippen molar-refractivity contribution in [1.29, 1.82) is 0 Å². The van der Waals surface area contributed by atoms with E-state index in [-0.39, 0.29) is 4.90 Å². The molecular weight excluding hydrogens is 437 g/mol. The number of nitrogens with zero attached hydrogens (tertiary/aromatic N) is 1. The standard InChI is InChI=1S/C14H20N2O4S2.C2HF3O2/c1-16-9-7-14(21,8-10-16)12(13(17)18)15-22(19,20)11-5-3-2-4-6-11;3-2(4,5)1(6)7/h2-6,12,15,21H,7-10H2,1H3,(H,17,18);(H,6,7)/t12-;/m1./s1. The smallest absolute Gasteiger partial charge is 0.480 e. The highest BCUT2D eigenvalue weighted by Crippen LogP contribution is 2.33. The highest BCUT2D eigenvalue weighted by molar-refractivity contribution is 7.89. The van der Waals surface area contributed by atoms with Crippen LogP contribution in [-0.2, 0) is 19.6 Å². The van der Waals surface area contributed by atoms with Crippen molar-refractivity contribution < 1.29 is 41.4 Å². The molecule has 0 unspecified atom stereocenters. The van der Waals surface area contributed by atoms with Crippen molar-refractivity contribution in [1.82, 2.24) is 9.62 Å². The van der Waals surface area contributed by atoms with Gasteiger partial charge in [0.25, 0.3) is 0 Å². The summed E-state index contributed by atoms with van der Waals surface area (Å²) in [5.74, 6) is -3.97. The summed E-state index contributed by atoms with van der Waals surface area (Å²) in [5, 5.41) is 16.6. The fourth-order valence-electron chi connectivity index (χ4n) is 2.51. The van der Waals surface area contributed by atoms with Gasteiger partial charge in [-0.2, -0.15) is 30.5 Å². The molecule has 13 heteroatoms. The minimum absolute atomic E-state index is 0.0473. The molecule has 29 heavy (non-hydrogen) atoms. The average Bonchev–Trinajstić information content (AvgIpc) is 2.62. The summed E-state index contributed by atoms with van der Waals surface area (Å²) < 4.78 is 57.9. The number of likely N-dealkylation sites (tertiary alicyclic amines) is 1. The topological polar surface area (TPSA) is 124 Å². The number of carboxylic acid groups (broad SMARTS) is 2. The highest BCUT2D eigenvalue weighted by Gasteiger charge is 2.44. The van der Waals surface area contributed by atoms with E-state index in [4.69, 9.17) is 9.90 Å². The molecule has 0 aliphatic carbocycles. The van der Waals surface area contributed by atoms with Gasteiger partial charge in [0.1, 0.15) is 6.04 Å². The molecule has 1 saturated heterocycles. The number of thiol groups is 1. The van der Waals surface area contributed by atoms with Crippen molar-refractivity contribution in [2.24, 2.45) is 0 Å². The van der Waals surface area contributed by atoms with Crippen molar-refractivity contribution >= 4 is 34.6 Å². The van der Waals surface area contributed by atoms with Crippen LogP contribution in [0, 0.1) is 0 Å². The lowest BCUT2D eigenvalue weighted by Crippen LogP contribution is -2.57. The van der Waals surface area contributed by atoms with Crippen LogP contribution < -0.4 is 4.72 Å². The molecule has 1 heterocycles. The van der Waals surface area contributed by atoms with Gasteiger partial charge in [0, 0.05) is 4.75 Å². The third-order valence-electron chi connectivity index (χ3n) is 4.21. The number of carbonyl (C=O) groups is 2. The molecule has 0 aromatic heterocycles. The molecule has 1 fully saturated rings. The highest BCUT2D eigenvalue weighted by atomic mass is 32.2. The number of alkyl halides is 3. The molecule has 1 aliphatic heterocycles. The Balaban J connectivity index is 0.000000516. The Morgan fingerprint density at radius 3 is 2.00 bits per heavy atom. The summed E-state index contributed by atoms with van der Waals surface area (Å²) >= 11 is 4.51. The third-order valence-corrected chi connectivity index (χ3v) is 6.35. The molecule has 1 atom stereocenters. The molecule has 1 aromatic carbocycles. The Bertz CT molecular complexity index is 810. The third kappa shape index (κ3) is 7.49. The number of piperidine rings is 1. The quantitative estimate of drug-likeness (QED) is 0.493. The van der Waals surface area contributed by atoms with Crippen molar-refractivity contribution in [2.75, 3.05) is 20.1 Å². The Hall–Kier alpha value is -1.83. The van der Waals surface area contributed by atoms with Crippen LogP contribution in [0.25, 0.3) is 0 Å². The van der Waals surface area contributed by atoms with Gasteiger partial charge >= 0.3 is 18.1 Å². The van der Waals surface area contributed by atoms with Crippen LogP contribution in [0.2, 0.25) is 0 Å². The Labute approximate surface area is 171 Å². The monoisotopic (exact) mass is 458 g/mol. The van der Waals surface area contributed by atoms with E-state index in [1.807, 2.05) is 7.05 Å². The summed E-state index contributed by atoms with van der Waals surface area (Å²) in [6.45, 7) is 1.36. The first-order valence-electron chi connectivity index (χ1n) is 8.20. The first-order valence-corrected chi connectivity index (χ1v) is 10.1. The fourth-order valence-corrected chi connectivity index (χ4v) is 4.26. The van der Waals surface area contributed by atoms with Gasteiger partial charge in [-0.3, -0.25) is 4.79 Å². The zero-order valence-electron chi connectivity index (χ0n) is 15.3. The summed E-state index contributed by atoms with van der Waals surface area (Å²) in [7, 11) is -1.96. The minimum atomic E-state index is -5.08. The van der Waals surface area contributed by atoms with E-state index < -0.39 is 38.9 Å². The van der Waals surface area contributed by atoms with Gasteiger partial charge in [-0.25, -0.2) is 13.2 Å². The maximum absolute atomic E-state index is 12.4. The second-order valence-electron chi connectivity index (χ2n) is 6.42. The van der Waals surface area contributed by atoms with E-state index in [0.29, 0.717) is 25.9 Å². The van der Waals surface area contributed by atoms with Crippen molar-refractivity contribution in [2.45, 2.75) is 34.7 Å². The summed E-state index contributed by atoms with van der Waals surface area (Å²) in [4.78, 5) is 22.6. The van der Waals surface area contributed by atoms with Gasteiger partial charge in [0.05, 0.1) is 4.90 Å². The predicted molar refractivity (Wildman–Crippen MR) is 100 cm³/mol. The summed E-state index contributed by atoms with van der Waals surface area (Å²) in [6, 6.07) is 6.48. The maximum atomic E-state index is 12.4. The zero-order chi connectivity index (χ0) is 22.5. The molecular formula is C16H21F3N2O6S2. The fraction of sp³-hybridized carbons (Fsp3) is 0.500. The van der Waals surface area contributed by atoms with Crippen molar-refractivity contribution in [3.63, 3.8) is 0 Å². The van der Waals surface area contributed by atoms with Crippen LogP contribution in [0.4, 0.5) is 13.2 Å². The molecule has 0 saturated carbocycles. The number of halogens is 3. The van der Waals surface area contributed by atoms with Gasteiger partial charge in [-0.15, -0.1) is 0 Å². The zero-order valence-corrected chi connectivity index (χ0v) is 17.0. The van der Waals surface area contributed by atoms with E-state index >= 15 is 0 Å². The van der Waals surface area contributed by atoms with Crippen LogP contribution in [0.1, 0.15) is 12.8 Å². The SMILES string of the molecule is CN1CCC(S)([C@H](NS(=O)(=O)c2ccccc2)C(=O)O)CC1.O=C(O)C(F)(F)F. The summed E-state index contributed by atoms with van der Waals surface area (Å²) in [5.41, 5.74) is 0. The Morgan fingerprint density at radius 1 is 1.17 bits per heavy atom. The molecule has 0 bridgehead atoms. The normalized spacial score (nSPS) is 18.2. The molecule has 164 valence electrons. The molecule has 8 nitrogen and oxygen atoms in total. The first kappa shape index (κ1) is 25.2. The second kappa shape index (κ2) is 9.78. The maximum Gasteiger partial charge on any atom is 0.490 e. The molecule has 1 aliphatic rings. The molecule has 3 N–H and O–H groups in total. The van der Waals surface area contributed by atoms with Crippen LogP contribution in [0.3, 0.4) is 0 Å². The average molecular weight is 458 g/mol. The number of aliphatic carboxylic acids is 2. The lowest BCUT2D eigenvalue weighted by atomic mass is 9.89. The minimum Gasteiger partial charge on any atom is -0.480 e. The number of nitrogens with one attached hydrogen (secondary N) is 1.